The van der Waals surface area contributed by atoms with Gasteiger partial charge in [-0.3, -0.25) is 14.4 Å². The summed E-state index contributed by atoms with van der Waals surface area (Å²) in [6.45, 7) is 1.83. The summed E-state index contributed by atoms with van der Waals surface area (Å²) < 4.78 is 18.5. The number of carbonyl (C=O) groups is 3. The lowest BCUT2D eigenvalue weighted by atomic mass is 10.1. The molecule has 2 rings (SSSR count). The van der Waals surface area contributed by atoms with E-state index in [2.05, 4.69) is 4.74 Å². The van der Waals surface area contributed by atoms with E-state index in [0.29, 0.717) is 12.2 Å². The van der Waals surface area contributed by atoms with E-state index in [4.69, 9.17) is 0 Å². The van der Waals surface area contributed by atoms with Crippen LogP contribution in [0.5, 0.6) is 0 Å². The summed E-state index contributed by atoms with van der Waals surface area (Å²) in [5.41, 5.74) is 0.652. The lowest BCUT2D eigenvalue weighted by Crippen LogP contribution is -2.25. The van der Waals surface area contributed by atoms with Gasteiger partial charge in [0, 0.05) is 30.8 Å². The average molecular weight is 325 g/mol. The molecule has 1 heterocycles. The van der Waals surface area contributed by atoms with E-state index in [9.17, 15) is 18.8 Å². The van der Waals surface area contributed by atoms with Gasteiger partial charge in [0.15, 0.2) is 5.12 Å². The molecule has 1 aliphatic heterocycles. The summed E-state index contributed by atoms with van der Waals surface area (Å²) >= 11 is 1.13. The molecule has 118 valence electrons. The molecule has 0 spiro atoms. The summed E-state index contributed by atoms with van der Waals surface area (Å²) in [6.07, 6.45) is 0.106. The Morgan fingerprint density at radius 3 is 2.77 bits per heavy atom. The number of rotatable bonds is 4. The van der Waals surface area contributed by atoms with E-state index < -0.39 is 11.8 Å². The maximum Gasteiger partial charge on any atom is 0.310 e. The molecule has 22 heavy (non-hydrogen) atoms. The maximum atomic E-state index is 14.0. The van der Waals surface area contributed by atoms with Crippen molar-refractivity contribution < 1.29 is 23.5 Å². The van der Waals surface area contributed by atoms with Crippen LogP contribution in [0.1, 0.15) is 18.9 Å². The molecular weight excluding hydrogens is 309 g/mol. The fraction of sp³-hybridized carbons (Fsp3) is 0.400. The molecule has 0 saturated carbocycles. The van der Waals surface area contributed by atoms with Crippen molar-refractivity contribution >= 4 is 34.4 Å². The van der Waals surface area contributed by atoms with E-state index in [1.54, 1.807) is 6.07 Å². The molecule has 1 aliphatic rings. The highest BCUT2D eigenvalue weighted by atomic mass is 32.2. The molecule has 0 bridgehead atoms. The average Bonchev–Trinajstić information content (AvgIpc) is 2.80. The summed E-state index contributed by atoms with van der Waals surface area (Å²) in [4.78, 5) is 35.7. The first-order valence-electron chi connectivity index (χ1n) is 6.73. The zero-order chi connectivity index (χ0) is 16.3. The number of esters is 1. The van der Waals surface area contributed by atoms with Crippen LogP contribution in [0, 0.1) is 5.82 Å². The number of carbonyl (C=O) groups excluding carboxylic acids is 3. The molecule has 0 N–H and O–H groups in total. The van der Waals surface area contributed by atoms with Gasteiger partial charge in [0.1, 0.15) is 5.82 Å². The first kappa shape index (κ1) is 16.5. The molecule has 1 aromatic carbocycles. The predicted octanol–water partition coefficient (Wildman–Crippen LogP) is 1.93. The molecule has 0 radical (unpaired) electrons. The van der Waals surface area contributed by atoms with Crippen molar-refractivity contribution in [2.45, 2.75) is 25.0 Å². The molecular formula is C15H16FNO4S. The Balaban J connectivity index is 2.13. The number of anilines is 1. The van der Waals surface area contributed by atoms with Crippen molar-refractivity contribution in [2.24, 2.45) is 0 Å². The molecule has 1 aromatic rings. The van der Waals surface area contributed by atoms with Gasteiger partial charge >= 0.3 is 5.97 Å². The SMILES string of the molecule is COC(=O)Cc1ccc(N2CC(SC(C)=O)CC2=O)cc1F. The molecule has 1 unspecified atom stereocenters. The van der Waals surface area contributed by atoms with Crippen LogP contribution in [-0.2, 0) is 25.5 Å². The molecule has 7 heteroatoms. The highest BCUT2D eigenvalue weighted by molar-refractivity contribution is 8.14. The van der Waals surface area contributed by atoms with Gasteiger partial charge in [0.05, 0.1) is 13.5 Å². The Morgan fingerprint density at radius 1 is 1.45 bits per heavy atom. The monoisotopic (exact) mass is 325 g/mol. The van der Waals surface area contributed by atoms with Gasteiger partial charge in [0.25, 0.3) is 0 Å². The van der Waals surface area contributed by atoms with Gasteiger partial charge in [0.2, 0.25) is 5.91 Å². The van der Waals surface area contributed by atoms with Crippen molar-refractivity contribution in [3.63, 3.8) is 0 Å². The van der Waals surface area contributed by atoms with Gasteiger partial charge in [-0.25, -0.2) is 4.39 Å². The minimum atomic E-state index is -0.557. The first-order valence-corrected chi connectivity index (χ1v) is 7.61. The number of amides is 1. The molecule has 1 saturated heterocycles. The van der Waals surface area contributed by atoms with Crippen LogP contribution in [0.4, 0.5) is 10.1 Å². The topological polar surface area (TPSA) is 63.7 Å². The van der Waals surface area contributed by atoms with Crippen LogP contribution in [0.25, 0.3) is 0 Å². The van der Waals surface area contributed by atoms with Crippen LogP contribution in [-0.4, -0.2) is 35.9 Å². The van der Waals surface area contributed by atoms with Crippen LogP contribution in [0.3, 0.4) is 0 Å². The second kappa shape index (κ2) is 6.91. The summed E-state index contributed by atoms with van der Waals surface area (Å²) in [5.74, 6) is -1.22. The van der Waals surface area contributed by atoms with Gasteiger partial charge < -0.3 is 9.64 Å². The maximum absolute atomic E-state index is 14.0. The van der Waals surface area contributed by atoms with Crippen molar-refractivity contribution in [2.75, 3.05) is 18.6 Å². The Bertz CT molecular complexity index is 620. The molecule has 0 aliphatic carbocycles. The Labute approximate surface area is 131 Å². The number of methoxy groups -OCH3 is 1. The van der Waals surface area contributed by atoms with Crippen molar-refractivity contribution in [3.05, 3.63) is 29.6 Å². The highest BCUT2D eigenvalue weighted by Gasteiger charge is 2.32. The zero-order valence-electron chi connectivity index (χ0n) is 12.3. The number of ether oxygens (including phenoxy) is 1. The third-order valence-electron chi connectivity index (χ3n) is 3.33. The number of nitrogens with zero attached hydrogens (tertiary/aromatic N) is 1. The van der Waals surface area contributed by atoms with E-state index in [1.165, 1.54) is 31.1 Å². The van der Waals surface area contributed by atoms with Crippen LogP contribution in [0.15, 0.2) is 18.2 Å². The highest BCUT2D eigenvalue weighted by Crippen LogP contribution is 2.29. The van der Waals surface area contributed by atoms with Gasteiger partial charge in [-0.2, -0.15) is 0 Å². The van der Waals surface area contributed by atoms with E-state index in [-0.39, 0.29) is 34.7 Å². The lowest BCUT2D eigenvalue weighted by Gasteiger charge is -2.17. The number of hydrogen-bond donors (Lipinski definition) is 0. The largest absolute Gasteiger partial charge is 0.469 e. The lowest BCUT2D eigenvalue weighted by molar-refractivity contribution is -0.139. The second-order valence-corrected chi connectivity index (χ2v) is 6.45. The summed E-state index contributed by atoms with van der Waals surface area (Å²) in [5, 5.41) is -0.151. The minimum absolute atomic E-state index is 0.0424. The van der Waals surface area contributed by atoms with Crippen molar-refractivity contribution in [1.29, 1.82) is 0 Å². The van der Waals surface area contributed by atoms with Crippen molar-refractivity contribution in [3.8, 4) is 0 Å². The second-order valence-electron chi connectivity index (χ2n) is 4.97. The Kier molecular flexibility index (Phi) is 5.18. The van der Waals surface area contributed by atoms with E-state index >= 15 is 0 Å². The van der Waals surface area contributed by atoms with Gasteiger partial charge in [-0.15, -0.1) is 0 Å². The molecule has 1 fully saturated rings. The number of hydrogen-bond acceptors (Lipinski definition) is 5. The van der Waals surface area contributed by atoms with Crippen LogP contribution in [0.2, 0.25) is 0 Å². The molecule has 0 aromatic heterocycles. The Hall–Kier alpha value is -1.89. The Morgan fingerprint density at radius 2 is 2.18 bits per heavy atom. The molecule has 1 atom stereocenters. The number of benzene rings is 1. The third-order valence-corrected chi connectivity index (χ3v) is 4.31. The molecule has 5 nitrogen and oxygen atoms in total. The van der Waals surface area contributed by atoms with Gasteiger partial charge in [-0.05, 0) is 17.7 Å². The fourth-order valence-electron chi connectivity index (χ4n) is 2.31. The van der Waals surface area contributed by atoms with Crippen molar-refractivity contribution in [1.82, 2.24) is 0 Å². The first-order chi connectivity index (χ1) is 10.4. The summed E-state index contributed by atoms with van der Waals surface area (Å²) in [6, 6.07) is 4.30. The van der Waals surface area contributed by atoms with E-state index in [0.717, 1.165) is 11.8 Å². The summed E-state index contributed by atoms with van der Waals surface area (Å²) in [7, 11) is 1.24. The standard InChI is InChI=1S/C15H16FNO4S/c1-9(18)22-12-7-14(19)17(8-12)11-4-3-10(13(16)6-11)5-15(20)21-2/h3-4,6,12H,5,7-8H2,1-2H3. The third kappa shape index (κ3) is 3.85. The van der Waals surface area contributed by atoms with Crippen LogP contribution < -0.4 is 4.90 Å². The van der Waals surface area contributed by atoms with E-state index in [1.807, 2.05) is 0 Å². The zero-order valence-corrected chi connectivity index (χ0v) is 13.1. The van der Waals surface area contributed by atoms with Crippen LogP contribution >= 0.6 is 11.8 Å². The predicted molar refractivity (Wildman–Crippen MR) is 81.2 cm³/mol. The number of thioether (sulfide) groups is 1. The van der Waals surface area contributed by atoms with Gasteiger partial charge in [-0.1, -0.05) is 17.8 Å². The smallest absolute Gasteiger partial charge is 0.310 e. The molecule has 1 amide bonds. The normalized spacial score (nSPS) is 17.7. The fourth-order valence-corrected chi connectivity index (χ4v) is 3.23. The quantitative estimate of drug-likeness (QED) is 0.792. The number of halogens is 1. The minimum Gasteiger partial charge on any atom is -0.469 e.